The molecule has 0 heterocycles. The molecule has 3 amide bonds. The average Bonchev–Trinajstić information content (AvgIpc) is 2.68. The first-order valence-corrected chi connectivity index (χ1v) is 13.3. The number of aryl methyl sites for hydroxylation is 2. The van der Waals surface area contributed by atoms with E-state index in [1.807, 2.05) is 66.0 Å². The predicted octanol–water partition coefficient (Wildman–Crippen LogP) is 4.75. The molecule has 2 atom stereocenters. The van der Waals surface area contributed by atoms with Gasteiger partial charge in [-0.3, -0.25) is 9.59 Å². The molecule has 1 aromatic carbocycles. The number of hydrogen-bond donors (Lipinski definition) is 2. The van der Waals surface area contributed by atoms with E-state index in [-0.39, 0.29) is 23.9 Å². The largest absolute Gasteiger partial charge is 0.444 e. The molecule has 0 spiro atoms. The molecule has 0 bridgehead atoms. The highest BCUT2D eigenvalue weighted by Gasteiger charge is 2.37. The summed E-state index contributed by atoms with van der Waals surface area (Å²) in [7, 11) is 0. The van der Waals surface area contributed by atoms with Crippen molar-refractivity contribution < 1.29 is 19.1 Å². The van der Waals surface area contributed by atoms with Gasteiger partial charge in [-0.2, -0.15) is 11.8 Å². The Morgan fingerprint density at radius 2 is 1.65 bits per heavy atom. The summed E-state index contributed by atoms with van der Waals surface area (Å²) in [6, 6.07) is 3.81. The van der Waals surface area contributed by atoms with Gasteiger partial charge in [-0.1, -0.05) is 18.2 Å². The van der Waals surface area contributed by atoms with Gasteiger partial charge in [-0.05, 0) is 97.4 Å². The van der Waals surface area contributed by atoms with Crippen LogP contribution in [0.1, 0.15) is 77.6 Å². The molecule has 7 nitrogen and oxygen atoms in total. The summed E-state index contributed by atoms with van der Waals surface area (Å²) in [5, 5.41) is 5.72. The first-order chi connectivity index (χ1) is 15.7. The van der Waals surface area contributed by atoms with Gasteiger partial charge in [0.2, 0.25) is 11.8 Å². The third kappa shape index (κ3) is 9.20. The first-order valence-electron chi connectivity index (χ1n) is 11.9. The Labute approximate surface area is 209 Å². The summed E-state index contributed by atoms with van der Waals surface area (Å²) in [5.41, 5.74) is 2.21. The van der Waals surface area contributed by atoms with E-state index in [9.17, 15) is 14.4 Å². The van der Waals surface area contributed by atoms with Crippen LogP contribution in [-0.2, 0) is 14.3 Å². The zero-order chi connectivity index (χ0) is 26.2. The van der Waals surface area contributed by atoms with E-state index < -0.39 is 23.8 Å². The second kappa shape index (κ2) is 13.0. The van der Waals surface area contributed by atoms with Crippen LogP contribution in [-0.4, -0.2) is 58.5 Å². The number of carbonyl (C=O) groups excluding carboxylic acids is 3. The maximum atomic E-state index is 13.9. The highest BCUT2D eigenvalue weighted by atomic mass is 32.2. The normalized spacial score (nSPS) is 13.4. The van der Waals surface area contributed by atoms with Crippen LogP contribution in [0.5, 0.6) is 0 Å². The Balaban J connectivity index is 3.46. The number of alkyl carbamates (subject to hydrolysis) is 1. The Kier molecular flexibility index (Phi) is 11.4. The van der Waals surface area contributed by atoms with Crippen molar-refractivity contribution in [2.75, 3.05) is 12.0 Å². The number of nitrogens with one attached hydrogen (secondary N) is 2. The number of carbonyl (C=O) groups is 3. The van der Waals surface area contributed by atoms with Crippen molar-refractivity contribution >= 4 is 29.7 Å². The van der Waals surface area contributed by atoms with Crippen molar-refractivity contribution in [2.45, 2.75) is 98.5 Å². The zero-order valence-corrected chi connectivity index (χ0v) is 23.3. The van der Waals surface area contributed by atoms with Crippen LogP contribution in [0.2, 0.25) is 0 Å². The fourth-order valence-corrected chi connectivity index (χ4v) is 4.01. The quantitative estimate of drug-likeness (QED) is 0.491. The van der Waals surface area contributed by atoms with Crippen LogP contribution in [0.15, 0.2) is 18.2 Å². The topological polar surface area (TPSA) is 87.7 Å². The van der Waals surface area contributed by atoms with E-state index in [4.69, 9.17) is 4.74 Å². The maximum absolute atomic E-state index is 13.9. The summed E-state index contributed by atoms with van der Waals surface area (Å²) < 4.78 is 5.41. The molecule has 1 aromatic rings. The van der Waals surface area contributed by atoms with Crippen LogP contribution < -0.4 is 10.6 Å². The molecule has 34 heavy (non-hydrogen) atoms. The molecule has 2 N–H and O–H groups in total. The smallest absolute Gasteiger partial charge is 0.408 e. The number of ether oxygens (including phenoxy) is 1. The molecule has 0 saturated heterocycles. The summed E-state index contributed by atoms with van der Waals surface area (Å²) in [6.45, 7) is 16.9. The molecule has 0 aliphatic rings. The molecular formula is C26H43N3O4S. The summed E-state index contributed by atoms with van der Waals surface area (Å²) in [4.78, 5) is 41.5. The molecule has 0 aliphatic carbocycles. The lowest BCUT2D eigenvalue weighted by molar-refractivity contribution is -0.144. The van der Waals surface area contributed by atoms with Crippen molar-refractivity contribution in [1.29, 1.82) is 0 Å². The minimum atomic E-state index is -0.827. The summed E-state index contributed by atoms with van der Waals surface area (Å²) in [5.74, 6) is 0.114. The van der Waals surface area contributed by atoms with E-state index >= 15 is 0 Å². The molecule has 0 aromatic heterocycles. The van der Waals surface area contributed by atoms with Gasteiger partial charge in [-0.15, -0.1) is 0 Å². The highest BCUT2D eigenvalue weighted by molar-refractivity contribution is 7.98. The van der Waals surface area contributed by atoms with E-state index in [0.717, 1.165) is 16.7 Å². The minimum Gasteiger partial charge on any atom is -0.444 e. The monoisotopic (exact) mass is 493 g/mol. The van der Waals surface area contributed by atoms with E-state index in [2.05, 4.69) is 10.6 Å². The zero-order valence-electron chi connectivity index (χ0n) is 22.4. The lowest BCUT2D eigenvalue weighted by Crippen LogP contribution is -2.55. The van der Waals surface area contributed by atoms with Crippen LogP contribution in [0.4, 0.5) is 4.79 Å². The third-order valence-corrected chi connectivity index (χ3v) is 5.86. The van der Waals surface area contributed by atoms with Gasteiger partial charge >= 0.3 is 6.09 Å². The lowest BCUT2D eigenvalue weighted by atomic mass is 9.97. The van der Waals surface area contributed by atoms with E-state index in [0.29, 0.717) is 12.2 Å². The van der Waals surface area contributed by atoms with Gasteiger partial charge in [0.15, 0.2) is 0 Å². The van der Waals surface area contributed by atoms with Crippen molar-refractivity contribution in [3.63, 3.8) is 0 Å². The van der Waals surface area contributed by atoms with Crippen molar-refractivity contribution in [3.8, 4) is 0 Å². The van der Waals surface area contributed by atoms with E-state index in [1.165, 1.54) is 0 Å². The predicted molar refractivity (Wildman–Crippen MR) is 140 cm³/mol. The Bertz CT molecular complexity index is 849. The SMILES string of the molecule is CSCCC(NC(=O)OC(C)(C)C)C(=O)N(C(C)C)C(C(=O)NC(C)C)c1ccc(C)c(C)c1. The Morgan fingerprint density at radius 3 is 2.12 bits per heavy atom. The maximum Gasteiger partial charge on any atom is 0.408 e. The molecule has 8 heteroatoms. The fraction of sp³-hybridized carbons (Fsp3) is 0.654. The fourth-order valence-electron chi connectivity index (χ4n) is 3.54. The van der Waals surface area contributed by atoms with Gasteiger partial charge in [0.25, 0.3) is 0 Å². The standard InChI is InChI=1S/C26H43N3O4S/c1-16(2)27-23(30)22(20-12-11-18(5)19(6)15-20)29(17(3)4)24(31)21(13-14-34-10)28-25(32)33-26(7,8)9/h11-12,15-17,21-22H,13-14H2,1-10H3,(H,27,30)(H,28,32). The summed E-state index contributed by atoms with van der Waals surface area (Å²) >= 11 is 1.59. The second-order valence-corrected chi connectivity index (χ2v) is 11.2. The molecule has 0 saturated carbocycles. The highest BCUT2D eigenvalue weighted by Crippen LogP contribution is 2.27. The molecular weight excluding hydrogens is 450 g/mol. The average molecular weight is 494 g/mol. The van der Waals surface area contributed by atoms with Gasteiger partial charge in [0, 0.05) is 12.1 Å². The summed E-state index contributed by atoms with van der Waals surface area (Å²) in [6.07, 6.45) is 1.72. The number of benzene rings is 1. The number of amides is 3. The first kappa shape index (κ1) is 29.8. The molecule has 2 unspecified atom stereocenters. The number of nitrogens with zero attached hydrogens (tertiary/aromatic N) is 1. The Morgan fingerprint density at radius 1 is 1.03 bits per heavy atom. The van der Waals surface area contributed by atoms with Crippen molar-refractivity contribution in [2.24, 2.45) is 0 Å². The van der Waals surface area contributed by atoms with Crippen molar-refractivity contribution in [3.05, 3.63) is 34.9 Å². The molecule has 192 valence electrons. The van der Waals surface area contributed by atoms with Gasteiger partial charge in [-0.25, -0.2) is 4.79 Å². The van der Waals surface area contributed by atoms with Crippen LogP contribution in [0, 0.1) is 13.8 Å². The van der Waals surface area contributed by atoms with Gasteiger partial charge in [0.05, 0.1) is 0 Å². The minimum absolute atomic E-state index is 0.0853. The Hall–Kier alpha value is -2.22. The number of thioether (sulfide) groups is 1. The van der Waals surface area contributed by atoms with E-state index in [1.54, 1.807) is 37.4 Å². The van der Waals surface area contributed by atoms with Crippen LogP contribution >= 0.6 is 11.8 Å². The van der Waals surface area contributed by atoms with Crippen molar-refractivity contribution in [1.82, 2.24) is 15.5 Å². The molecule has 1 rings (SSSR count). The van der Waals surface area contributed by atoms with Crippen LogP contribution in [0.25, 0.3) is 0 Å². The third-order valence-electron chi connectivity index (χ3n) is 5.21. The lowest BCUT2D eigenvalue weighted by Gasteiger charge is -2.37. The molecule has 0 fully saturated rings. The number of hydrogen-bond acceptors (Lipinski definition) is 5. The molecule has 0 radical (unpaired) electrons. The van der Waals surface area contributed by atoms with Gasteiger partial charge < -0.3 is 20.3 Å². The van der Waals surface area contributed by atoms with Gasteiger partial charge in [0.1, 0.15) is 17.7 Å². The van der Waals surface area contributed by atoms with Crippen LogP contribution in [0.3, 0.4) is 0 Å². The second-order valence-electron chi connectivity index (χ2n) is 10.2. The molecule has 0 aliphatic heterocycles. The number of rotatable bonds is 10.